The van der Waals surface area contributed by atoms with Gasteiger partial charge in [-0.3, -0.25) is 4.98 Å². The Hall–Kier alpha value is -6.65. The minimum Gasteiger partial charge on any atom is -0.456 e. The van der Waals surface area contributed by atoms with Crippen molar-refractivity contribution >= 4 is 21.9 Å². The first-order chi connectivity index (χ1) is 24.3. The predicted octanol–water partition coefficient (Wildman–Crippen LogP) is 11.8. The lowest BCUT2D eigenvalue weighted by Crippen LogP contribution is -1.98. The molecule has 0 spiro atoms. The summed E-state index contributed by atoms with van der Waals surface area (Å²) in [5, 5.41) is 2.14. The molecule has 0 saturated carbocycles. The first-order valence-corrected chi connectivity index (χ1v) is 16.4. The van der Waals surface area contributed by atoms with E-state index in [1.807, 2.05) is 54.7 Å². The number of pyridine rings is 1. The second-order valence-electron chi connectivity index (χ2n) is 12.0. The van der Waals surface area contributed by atoms with E-state index in [1.165, 1.54) is 11.1 Å². The molecule has 0 fully saturated rings. The second-order valence-corrected chi connectivity index (χ2v) is 12.0. The van der Waals surface area contributed by atoms with E-state index in [2.05, 4.69) is 121 Å². The number of aromatic nitrogens is 3. The zero-order chi connectivity index (χ0) is 32.6. The highest BCUT2D eigenvalue weighted by Gasteiger charge is 2.18. The van der Waals surface area contributed by atoms with Gasteiger partial charge in [-0.05, 0) is 70.8 Å². The fourth-order valence-corrected chi connectivity index (χ4v) is 6.59. The molecule has 4 heteroatoms. The molecule has 0 saturated heterocycles. The summed E-state index contributed by atoms with van der Waals surface area (Å²) in [5.74, 6) is 0.660. The van der Waals surface area contributed by atoms with E-state index >= 15 is 0 Å². The molecule has 6 aromatic carbocycles. The van der Waals surface area contributed by atoms with Gasteiger partial charge in [0.25, 0.3) is 0 Å². The van der Waals surface area contributed by atoms with Crippen molar-refractivity contribution in [3.05, 3.63) is 176 Å². The maximum absolute atomic E-state index is 6.12. The number of hydrogen-bond donors (Lipinski definition) is 0. The van der Waals surface area contributed by atoms with Crippen molar-refractivity contribution < 1.29 is 4.42 Å². The topological polar surface area (TPSA) is 51.8 Å². The van der Waals surface area contributed by atoms with Gasteiger partial charge in [0.15, 0.2) is 5.82 Å². The van der Waals surface area contributed by atoms with Gasteiger partial charge in [0, 0.05) is 39.2 Å². The summed E-state index contributed by atoms with van der Waals surface area (Å²) in [6.45, 7) is 0. The standard InChI is InChI=1S/C45H29N3O/c1-4-13-30(14-5-1)35-24-22-33(27-38(35)31-15-6-2-7-16-31)40-29-41(48-45(47-40)32-17-8-3-9-18-32)37-20-12-26-46-44(37)34-23-25-43-39(28-34)36-19-10-11-21-42(36)49-43/h1-29H. The van der Waals surface area contributed by atoms with E-state index in [0.29, 0.717) is 5.82 Å². The van der Waals surface area contributed by atoms with E-state index in [0.717, 1.165) is 72.4 Å². The third-order valence-corrected chi connectivity index (χ3v) is 8.98. The van der Waals surface area contributed by atoms with Crippen LogP contribution in [0.5, 0.6) is 0 Å². The Morgan fingerprint density at radius 3 is 1.78 bits per heavy atom. The summed E-state index contributed by atoms with van der Waals surface area (Å²) in [5.41, 5.74) is 12.7. The van der Waals surface area contributed by atoms with Gasteiger partial charge in [0.05, 0.1) is 17.1 Å². The van der Waals surface area contributed by atoms with E-state index in [-0.39, 0.29) is 0 Å². The average molecular weight is 628 g/mol. The molecule has 3 aromatic heterocycles. The minimum absolute atomic E-state index is 0.660. The first kappa shape index (κ1) is 28.6. The molecule has 0 atom stereocenters. The van der Waals surface area contributed by atoms with Gasteiger partial charge in [0.1, 0.15) is 11.2 Å². The van der Waals surface area contributed by atoms with Crippen LogP contribution in [0, 0.1) is 0 Å². The molecule has 3 heterocycles. The highest BCUT2D eigenvalue weighted by molar-refractivity contribution is 6.06. The Balaban J connectivity index is 1.24. The molecule has 49 heavy (non-hydrogen) atoms. The van der Waals surface area contributed by atoms with Gasteiger partial charge in [-0.15, -0.1) is 0 Å². The molecule has 0 unspecified atom stereocenters. The molecule has 0 aliphatic carbocycles. The van der Waals surface area contributed by atoms with Gasteiger partial charge in [-0.25, -0.2) is 9.97 Å². The lowest BCUT2D eigenvalue weighted by Gasteiger charge is -2.15. The fourth-order valence-electron chi connectivity index (χ4n) is 6.59. The summed E-state index contributed by atoms with van der Waals surface area (Å²) >= 11 is 0. The van der Waals surface area contributed by atoms with Crippen LogP contribution in [0.3, 0.4) is 0 Å². The van der Waals surface area contributed by atoms with Crippen molar-refractivity contribution in [2.75, 3.05) is 0 Å². The van der Waals surface area contributed by atoms with Gasteiger partial charge >= 0.3 is 0 Å². The highest BCUT2D eigenvalue weighted by Crippen LogP contribution is 2.39. The van der Waals surface area contributed by atoms with Gasteiger partial charge in [-0.1, -0.05) is 121 Å². The summed E-state index contributed by atoms with van der Waals surface area (Å²) < 4.78 is 6.12. The van der Waals surface area contributed by atoms with Crippen LogP contribution in [-0.2, 0) is 0 Å². The molecule has 0 radical (unpaired) electrons. The molecule has 4 nitrogen and oxygen atoms in total. The highest BCUT2D eigenvalue weighted by atomic mass is 16.3. The van der Waals surface area contributed by atoms with Crippen molar-refractivity contribution in [3.8, 4) is 67.4 Å². The number of para-hydroxylation sites is 1. The number of nitrogens with zero attached hydrogens (tertiary/aromatic N) is 3. The SMILES string of the molecule is c1ccc(-c2nc(-c3ccc(-c4ccccc4)c(-c4ccccc4)c3)cc(-c3cccnc3-c3ccc4oc5ccccc5c4c3)n2)cc1. The van der Waals surface area contributed by atoms with Crippen LogP contribution in [0.4, 0.5) is 0 Å². The second kappa shape index (κ2) is 12.2. The van der Waals surface area contributed by atoms with Crippen LogP contribution in [0.2, 0.25) is 0 Å². The largest absolute Gasteiger partial charge is 0.456 e. The number of benzene rings is 6. The van der Waals surface area contributed by atoms with Crippen molar-refractivity contribution in [1.29, 1.82) is 0 Å². The van der Waals surface area contributed by atoms with Crippen molar-refractivity contribution in [2.24, 2.45) is 0 Å². The van der Waals surface area contributed by atoms with Gasteiger partial charge in [0.2, 0.25) is 0 Å². The first-order valence-electron chi connectivity index (χ1n) is 16.4. The fraction of sp³-hybridized carbons (Fsp3) is 0. The Labute approximate surface area is 284 Å². The smallest absolute Gasteiger partial charge is 0.160 e. The third kappa shape index (κ3) is 5.35. The molecule has 0 bridgehead atoms. The molecule has 9 aromatic rings. The van der Waals surface area contributed by atoms with Crippen molar-refractivity contribution in [1.82, 2.24) is 15.0 Å². The molecular formula is C45H29N3O. The van der Waals surface area contributed by atoms with Gasteiger partial charge < -0.3 is 4.42 Å². The molecule has 0 N–H and O–H groups in total. The van der Waals surface area contributed by atoms with E-state index in [1.54, 1.807) is 0 Å². The Morgan fingerprint density at radius 1 is 0.367 bits per heavy atom. The summed E-state index contributed by atoms with van der Waals surface area (Å²) in [6, 6.07) is 58.4. The Bertz CT molecular complexity index is 2590. The summed E-state index contributed by atoms with van der Waals surface area (Å²) in [6.07, 6.45) is 1.84. The molecule has 0 amide bonds. The zero-order valence-electron chi connectivity index (χ0n) is 26.5. The molecule has 0 aliphatic heterocycles. The maximum Gasteiger partial charge on any atom is 0.160 e. The maximum atomic E-state index is 6.12. The number of fused-ring (bicyclic) bond motifs is 3. The van der Waals surface area contributed by atoms with Crippen LogP contribution in [0.15, 0.2) is 180 Å². The Kier molecular flexibility index (Phi) is 7.10. The Morgan fingerprint density at radius 2 is 1.00 bits per heavy atom. The molecule has 9 rings (SSSR count). The van der Waals surface area contributed by atoms with E-state index in [4.69, 9.17) is 19.4 Å². The monoisotopic (exact) mass is 627 g/mol. The van der Waals surface area contributed by atoms with Crippen molar-refractivity contribution in [3.63, 3.8) is 0 Å². The quantitative estimate of drug-likeness (QED) is 0.184. The molecular weight excluding hydrogens is 599 g/mol. The van der Waals surface area contributed by atoms with Crippen LogP contribution < -0.4 is 0 Å². The van der Waals surface area contributed by atoms with Crippen LogP contribution in [-0.4, -0.2) is 15.0 Å². The van der Waals surface area contributed by atoms with Crippen LogP contribution >= 0.6 is 0 Å². The van der Waals surface area contributed by atoms with Gasteiger partial charge in [-0.2, -0.15) is 0 Å². The zero-order valence-corrected chi connectivity index (χ0v) is 26.5. The minimum atomic E-state index is 0.660. The summed E-state index contributed by atoms with van der Waals surface area (Å²) in [7, 11) is 0. The van der Waals surface area contributed by atoms with Crippen LogP contribution in [0.25, 0.3) is 89.4 Å². The number of rotatable bonds is 6. The lowest BCUT2D eigenvalue weighted by atomic mass is 9.92. The summed E-state index contributed by atoms with van der Waals surface area (Å²) in [4.78, 5) is 15.2. The van der Waals surface area contributed by atoms with Crippen LogP contribution in [0.1, 0.15) is 0 Å². The van der Waals surface area contributed by atoms with E-state index < -0.39 is 0 Å². The number of hydrogen-bond acceptors (Lipinski definition) is 4. The predicted molar refractivity (Wildman–Crippen MR) is 200 cm³/mol. The number of furan rings is 1. The van der Waals surface area contributed by atoms with E-state index in [9.17, 15) is 0 Å². The van der Waals surface area contributed by atoms with Crippen molar-refractivity contribution in [2.45, 2.75) is 0 Å². The molecule has 230 valence electrons. The lowest BCUT2D eigenvalue weighted by molar-refractivity contribution is 0.669. The average Bonchev–Trinajstić information content (AvgIpc) is 3.56. The normalized spacial score (nSPS) is 11.3. The third-order valence-electron chi connectivity index (χ3n) is 8.98. The molecule has 0 aliphatic rings.